The van der Waals surface area contributed by atoms with Crippen molar-refractivity contribution in [3.05, 3.63) is 35.1 Å². The monoisotopic (exact) mass is 238 g/mol. The number of hydrogen-bond acceptors (Lipinski definition) is 2. The maximum absolute atomic E-state index is 13.7. The lowest BCUT2D eigenvalue weighted by molar-refractivity contribution is -0.121. The number of aryl methyl sites for hydroxylation is 1. The molecule has 17 heavy (non-hydrogen) atoms. The second kappa shape index (κ2) is 5.43. The van der Waals surface area contributed by atoms with Crippen molar-refractivity contribution in [3.8, 4) is 0 Å². The topological polar surface area (TPSA) is 49.4 Å². The van der Waals surface area contributed by atoms with E-state index in [1.807, 2.05) is 0 Å². The fourth-order valence-electron chi connectivity index (χ4n) is 1.38. The summed E-state index contributed by atoms with van der Waals surface area (Å²) < 4.78 is 13.7. The van der Waals surface area contributed by atoms with Gasteiger partial charge in [-0.1, -0.05) is 12.1 Å². The van der Waals surface area contributed by atoms with Crippen molar-refractivity contribution in [2.24, 2.45) is 0 Å². The van der Waals surface area contributed by atoms with Crippen LogP contribution in [0.5, 0.6) is 0 Å². The molecular formula is C12H15FN2O2. The van der Waals surface area contributed by atoms with Gasteiger partial charge in [-0.25, -0.2) is 4.39 Å². The van der Waals surface area contributed by atoms with Crippen molar-refractivity contribution in [1.29, 1.82) is 0 Å². The van der Waals surface area contributed by atoms with Gasteiger partial charge in [0, 0.05) is 14.1 Å². The lowest BCUT2D eigenvalue weighted by atomic mass is 10.1. The van der Waals surface area contributed by atoms with E-state index in [0.29, 0.717) is 5.56 Å². The van der Waals surface area contributed by atoms with E-state index in [-0.39, 0.29) is 18.0 Å². The minimum atomic E-state index is -0.541. The first kappa shape index (κ1) is 13.2. The molecular weight excluding hydrogens is 223 g/mol. The van der Waals surface area contributed by atoms with Crippen LogP contribution in [0, 0.1) is 12.7 Å². The molecule has 5 heteroatoms. The van der Waals surface area contributed by atoms with E-state index in [1.165, 1.54) is 25.1 Å². The van der Waals surface area contributed by atoms with Crippen LogP contribution in [0.3, 0.4) is 0 Å². The number of benzene rings is 1. The zero-order chi connectivity index (χ0) is 13.0. The molecule has 0 heterocycles. The van der Waals surface area contributed by atoms with Crippen molar-refractivity contribution < 1.29 is 14.0 Å². The molecule has 1 rings (SSSR count). The number of likely N-dealkylation sites (N-methyl/N-ethyl adjacent to an activating group) is 2. The molecule has 0 fully saturated rings. The van der Waals surface area contributed by atoms with Crippen LogP contribution in [-0.2, 0) is 4.79 Å². The van der Waals surface area contributed by atoms with E-state index in [9.17, 15) is 14.0 Å². The number of nitrogens with one attached hydrogen (secondary N) is 1. The van der Waals surface area contributed by atoms with Crippen LogP contribution in [-0.4, -0.2) is 37.4 Å². The number of amides is 2. The molecule has 1 aromatic rings. The Bertz CT molecular complexity index is 446. The summed E-state index contributed by atoms with van der Waals surface area (Å²) in [5.41, 5.74) is 0.389. The Morgan fingerprint density at radius 2 is 2.06 bits per heavy atom. The summed E-state index contributed by atoms with van der Waals surface area (Å²) in [4.78, 5) is 24.2. The third-order valence-electron chi connectivity index (χ3n) is 2.43. The van der Waals surface area contributed by atoms with Crippen molar-refractivity contribution in [2.45, 2.75) is 6.92 Å². The molecule has 0 aliphatic heterocycles. The van der Waals surface area contributed by atoms with E-state index in [1.54, 1.807) is 19.1 Å². The molecule has 1 N–H and O–H groups in total. The van der Waals surface area contributed by atoms with Gasteiger partial charge in [-0.3, -0.25) is 9.59 Å². The second-order valence-electron chi connectivity index (χ2n) is 3.77. The van der Waals surface area contributed by atoms with Crippen LogP contribution >= 0.6 is 0 Å². The molecule has 0 atom stereocenters. The van der Waals surface area contributed by atoms with E-state index in [2.05, 4.69) is 5.32 Å². The zero-order valence-corrected chi connectivity index (χ0v) is 10.1. The molecule has 0 saturated carbocycles. The van der Waals surface area contributed by atoms with Crippen LogP contribution in [0.2, 0.25) is 0 Å². The fourth-order valence-corrected chi connectivity index (χ4v) is 1.38. The van der Waals surface area contributed by atoms with Gasteiger partial charge in [0.1, 0.15) is 5.82 Å². The fraction of sp³-hybridized carbons (Fsp3) is 0.333. The van der Waals surface area contributed by atoms with Crippen molar-refractivity contribution >= 4 is 11.8 Å². The smallest absolute Gasteiger partial charge is 0.257 e. The normalized spacial score (nSPS) is 9.88. The molecule has 1 aromatic carbocycles. The highest BCUT2D eigenvalue weighted by Gasteiger charge is 2.18. The summed E-state index contributed by atoms with van der Waals surface area (Å²) in [6.07, 6.45) is 0. The standard InChI is InChI=1S/C12H15FN2O2/c1-8-5-4-6-9(11(8)13)12(17)15(3)7-10(16)14-2/h4-6H,7H2,1-3H3,(H,14,16). The molecule has 0 spiro atoms. The van der Waals surface area contributed by atoms with Crippen molar-refractivity contribution in [1.82, 2.24) is 10.2 Å². The van der Waals surface area contributed by atoms with Crippen LogP contribution < -0.4 is 5.32 Å². The van der Waals surface area contributed by atoms with Gasteiger partial charge in [0.2, 0.25) is 5.91 Å². The minimum Gasteiger partial charge on any atom is -0.358 e. The first-order valence-electron chi connectivity index (χ1n) is 5.18. The highest BCUT2D eigenvalue weighted by molar-refractivity contribution is 5.96. The Hall–Kier alpha value is -1.91. The molecule has 0 aliphatic carbocycles. The van der Waals surface area contributed by atoms with Crippen molar-refractivity contribution in [2.75, 3.05) is 20.6 Å². The molecule has 0 radical (unpaired) electrons. The van der Waals surface area contributed by atoms with Gasteiger partial charge in [-0.15, -0.1) is 0 Å². The third-order valence-corrected chi connectivity index (χ3v) is 2.43. The average molecular weight is 238 g/mol. The van der Waals surface area contributed by atoms with Gasteiger partial charge < -0.3 is 10.2 Å². The lowest BCUT2D eigenvalue weighted by Crippen LogP contribution is -2.37. The van der Waals surface area contributed by atoms with Gasteiger partial charge in [0.25, 0.3) is 5.91 Å². The molecule has 0 bridgehead atoms. The van der Waals surface area contributed by atoms with Gasteiger partial charge in [-0.2, -0.15) is 0 Å². The molecule has 0 saturated heterocycles. The zero-order valence-electron chi connectivity index (χ0n) is 10.1. The number of rotatable bonds is 3. The molecule has 0 unspecified atom stereocenters. The van der Waals surface area contributed by atoms with Crippen LogP contribution in [0.25, 0.3) is 0 Å². The van der Waals surface area contributed by atoms with Gasteiger partial charge in [0.05, 0.1) is 12.1 Å². The molecule has 0 aliphatic rings. The number of nitrogens with zero attached hydrogens (tertiary/aromatic N) is 1. The Balaban J connectivity index is 2.89. The Labute approximate surface area is 99.4 Å². The summed E-state index contributed by atoms with van der Waals surface area (Å²) in [5.74, 6) is -1.34. The van der Waals surface area contributed by atoms with E-state index < -0.39 is 11.7 Å². The first-order chi connectivity index (χ1) is 7.97. The van der Waals surface area contributed by atoms with Crippen LogP contribution in [0.15, 0.2) is 18.2 Å². The predicted molar refractivity (Wildman–Crippen MR) is 62.2 cm³/mol. The maximum atomic E-state index is 13.7. The average Bonchev–Trinajstić information content (AvgIpc) is 2.31. The molecule has 4 nitrogen and oxygen atoms in total. The summed E-state index contributed by atoms with van der Waals surface area (Å²) in [6.45, 7) is 1.49. The number of hydrogen-bond donors (Lipinski definition) is 1. The Morgan fingerprint density at radius 3 is 2.65 bits per heavy atom. The van der Waals surface area contributed by atoms with Crippen molar-refractivity contribution in [3.63, 3.8) is 0 Å². The van der Waals surface area contributed by atoms with E-state index in [0.717, 1.165) is 0 Å². The summed E-state index contributed by atoms with van der Waals surface area (Å²) in [5, 5.41) is 2.40. The Kier molecular flexibility index (Phi) is 4.20. The van der Waals surface area contributed by atoms with E-state index in [4.69, 9.17) is 0 Å². The summed E-state index contributed by atoms with van der Waals surface area (Å²) in [6, 6.07) is 4.61. The van der Waals surface area contributed by atoms with Gasteiger partial charge in [0.15, 0.2) is 0 Å². The number of halogens is 1. The number of carbonyl (C=O) groups is 2. The van der Waals surface area contributed by atoms with Crippen LogP contribution in [0.4, 0.5) is 4.39 Å². The summed E-state index contributed by atoms with van der Waals surface area (Å²) >= 11 is 0. The molecule has 92 valence electrons. The SMILES string of the molecule is CNC(=O)CN(C)C(=O)c1cccc(C)c1F. The maximum Gasteiger partial charge on any atom is 0.257 e. The lowest BCUT2D eigenvalue weighted by Gasteiger charge is -2.16. The number of carbonyl (C=O) groups excluding carboxylic acids is 2. The van der Waals surface area contributed by atoms with Gasteiger partial charge >= 0.3 is 0 Å². The molecule has 0 aromatic heterocycles. The second-order valence-corrected chi connectivity index (χ2v) is 3.77. The highest BCUT2D eigenvalue weighted by Crippen LogP contribution is 2.13. The largest absolute Gasteiger partial charge is 0.358 e. The Morgan fingerprint density at radius 1 is 1.41 bits per heavy atom. The third kappa shape index (κ3) is 3.03. The highest BCUT2D eigenvalue weighted by atomic mass is 19.1. The summed E-state index contributed by atoms with van der Waals surface area (Å²) in [7, 11) is 2.94. The van der Waals surface area contributed by atoms with E-state index >= 15 is 0 Å². The quantitative estimate of drug-likeness (QED) is 0.852. The minimum absolute atomic E-state index is 0.0172. The first-order valence-corrected chi connectivity index (χ1v) is 5.18. The van der Waals surface area contributed by atoms with Crippen LogP contribution in [0.1, 0.15) is 15.9 Å². The predicted octanol–water partition coefficient (Wildman–Crippen LogP) is 0.952. The van der Waals surface area contributed by atoms with Gasteiger partial charge in [-0.05, 0) is 18.6 Å². The molecule has 2 amide bonds.